The molecule has 2 nitrogen and oxygen atoms in total. The summed E-state index contributed by atoms with van der Waals surface area (Å²) in [6, 6.07) is 0. The fraction of sp³-hybridized carbons (Fsp3) is 0.381. The molecule has 0 fully saturated rings. The minimum atomic E-state index is -0.917. The van der Waals surface area contributed by atoms with Crippen LogP contribution in [0.3, 0.4) is 0 Å². The summed E-state index contributed by atoms with van der Waals surface area (Å²) in [6.45, 7) is 12.3. The molecule has 0 aromatic heterocycles. The Morgan fingerprint density at radius 3 is 2.52 bits per heavy atom. The molecule has 0 aromatic rings. The molecule has 0 spiro atoms. The maximum absolute atomic E-state index is 10.5. The van der Waals surface area contributed by atoms with Gasteiger partial charge in [-0.05, 0) is 64.0 Å². The number of allylic oxidation sites excluding steroid dienone is 10. The average Bonchev–Trinajstić information content (AvgIpc) is 2.45. The van der Waals surface area contributed by atoms with E-state index >= 15 is 0 Å². The predicted molar refractivity (Wildman–Crippen MR) is 98.3 cm³/mol. The third kappa shape index (κ3) is 7.14. The van der Waals surface area contributed by atoms with Gasteiger partial charge < -0.3 is 5.11 Å². The molecular formula is C21H28O2. The third-order valence-corrected chi connectivity index (χ3v) is 4.20. The van der Waals surface area contributed by atoms with E-state index in [0.717, 1.165) is 24.0 Å². The molecule has 2 heteroatoms. The van der Waals surface area contributed by atoms with Gasteiger partial charge >= 0.3 is 5.97 Å². The van der Waals surface area contributed by atoms with Gasteiger partial charge in [0, 0.05) is 6.08 Å². The number of carboxylic acids is 1. The lowest BCUT2D eigenvalue weighted by Gasteiger charge is -2.24. The van der Waals surface area contributed by atoms with Gasteiger partial charge in [-0.15, -0.1) is 0 Å². The lowest BCUT2D eigenvalue weighted by atomic mass is 9.81. The van der Waals surface area contributed by atoms with Crippen LogP contribution in [0.2, 0.25) is 0 Å². The Morgan fingerprint density at radius 1 is 1.22 bits per heavy atom. The molecule has 124 valence electrons. The first-order valence-electron chi connectivity index (χ1n) is 8.08. The number of hydrogen-bond donors (Lipinski definition) is 1. The zero-order valence-electron chi connectivity index (χ0n) is 14.7. The second-order valence-electron chi connectivity index (χ2n) is 6.42. The Kier molecular flexibility index (Phi) is 7.53. The smallest absolute Gasteiger partial charge is 0.328 e. The maximum Gasteiger partial charge on any atom is 0.328 e. The number of rotatable bonds is 6. The molecule has 0 aromatic carbocycles. The van der Waals surface area contributed by atoms with Gasteiger partial charge in [0.15, 0.2) is 0 Å². The summed E-state index contributed by atoms with van der Waals surface area (Å²) in [7, 11) is 0. The molecular weight excluding hydrogens is 284 g/mol. The largest absolute Gasteiger partial charge is 0.478 e. The quantitative estimate of drug-likeness (QED) is 0.384. The molecule has 1 rings (SSSR count). The Bertz CT molecular complexity index is 610. The summed E-state index contributed by atoms with van der Waals surface area (Å²) in [6.07, 6.45) is 14.7. The van der Waals surface area contributed by atoms with Gasteiger partial charge in [-0.3, -0.25) is 0 Å². The minimum Gasteiger partial charge on any atom is -0.478 e. The van der Waals surface area contributed by atoms with Gasteiger partial charge in [0.2, 0.25) is 0 Å². The average molecular weight is 312 g/mol. The van der Waals surface area contributed by atoms with Crippen LogP contribution in [0.25, 0.3) is 0 Å². The lowest BCUT2D eigenvalue weighted by Crippen LogP contribution is -2.09. The minimum absolute atomic E-state index is 0.603. The Labute approximate surface area is 140 Å². The van der Waals surface area contributed by atoms with Crippen molar-refractivity contribution in [1.29, 1.82) is 0 Å². The molecule has 0 amide bonds. The molecule has 23 heavy (non-hydrogen) atoms. The summed E-state index contributed by atoms with van der Waals surface area (Å²) in [4.78, 5) is 10.5. The molecule has 0 unspecified atom stereocenters. The highest BCUT2D eigenvalue weighted by atomic mass is 16.4. The van der Waals surface area contributed by atoms with Crippen molar-refractivity contribution in [1.82, 2.24) is 0 Å². The summed E-state index contributed by atoms with van der Waals surface area (Å²) < 4.78 is 0. The number of hydrogen-bond acceptors (Lipinski definition) is 1. The van der Waals surface area contributed by atoms with Crippen molar-refractivity contribution in [2.75, 3.05) is 0 Å². The molecule has 1 aliphatic carbocycles. The van der Waals surface area contributed by atoms with Crippen LogP contribution < -0.4 is 0 Å². The van der Waals surface area contributed by atoms with Crippen molar-refractivity contribution in [3.63, 3.8) is 0 Å². The van der Waals surface area contributed by atoms with E-state index in [2.05, 4.69) is 32.6 Å². The molecule has 0 radical (unpaired) electrons. The van der Waals surface area contributed by atoms with Crippen molar-refractivity contribution in [2.24, 2.45) is 5.92 Å². The SMILES string of the molecule is C=C(C)[C@@H]1CCC(C)=C(/C=C/C(C)=C\C=C\C(C)=C\C(=O)O)C1. The zero-order valence-corrected chi connectivity index (χ0v) is 14.7. The first kappa shape index (κ1) is 19.0. The van der Waals surface area contributed by atoms with Gasteiger partial charge in [0.25, 0.3) is 0 Å². The van der Waals surface area contributed by atoms with Gasteiger partial charge in [-0.25, -0.2) is 4.79 Å². The third-order valence-electron chi connectivity index (χ3n) is 4.20. The van der Waals surface area contributed by atoms with Crippen LogP contribution in [-0.4, -0.2) is 11.1 Å². The standard InChI is InChI=1S/C21H28O2/c1-15(2)19-12-10-18(5)20(14-19)11-9-16(3)7-6-8-17(4)13-21(22)23/h6-9,11,13,19H,1,10,12,14H2,2-5H3,(H,22,23)/b8-6+,11-9+,16-7-,17-13+/t19-/m1/s1. The van der Waals surface area contributed by atoms with Crippen molar-refractivity contribution in [3.8, 4) is 0 Å². The molecule has 1 aliphatic rings. The molecule has 1 N–H and O–H groups in total. The highest BCUT2D eigenvalue weighted by Gasteiger charge is 2.17. The van der Waals surface area contributed by atoms with Crippen LogP contribution in [-0.2, 0) is 4.79 Å². The van der Waals surface area contributed by atoms with Crippen molar-refractivity contribution in [2.45, 2.75) is 47.0 Å². The topological polar surface area (TPSA) is 37.3 Å². The van der Waals surface area contributed by atoms with E-state index in [1.54, 1.807) is 13.0 Å². The highest BCUT2D eigenvalue weighted by molar-refractivity contribution is 5.81. The fourth-order valence-electron chi connectivity index (χ4n) is 2.61. The van der Waals surface area contributed by atoms with Crippen LogP contribution in [0, 0.1) is 5.92 Å². The van der Waals surface area contributed by atoms with Gasteiger partial charge in [0.1, 0.15) is 0 Å². The van der Waals surface area contributed by atoms with Gasteiger partial charge in [-0.2, -0.15) is 0 Å². The lowest BCUT2D eigenvalue weighted by molar-refractivity contribution is -0.131. The summed E-state index contributed by atoms with van der Waals surface area (Å²) in [5.74, 6) is -0.314. The van der Waals surface area contributed by atoms with Crippen molar-refractivity contribution >= 4 is 5.97 Å². The van der Waals surface area contributed by atoms with Crippen LogP contribution in [0.15, 0.2) is 70.9 Å². The Morgan fingerprint density at radius 2 is 1.91 bits per heavy atom. The van der Waals surface area contributed by atoms with E-state index in [1.165, 1.54) is 29.2 Å². The van der Waals surface area contributed by atoms with Crippen LogP contribution in [0.5, 0.6) is 0 Å². The van der Waals surface area contributed by atoms with E-state index in [1.807, 2.05) is 19.1 Å². The fourth-order valence-corrected chi connectivity index (χ4v) is 2.61. The monoisotopic (exact) mass is 312 g/mol. The molecule has 0 saturated heterocycles. The summed E-state index contributed by atoms with van der Waals surface area (Å²) in [5.41, 5.74) is 6.03. The zero-order chi connectivity index (χ0) is 17.4. The first-order chi connectivity index (χ1) is 10.8. The molecule has 1 atom stereocenters. The normalized spacial score (nSPS) is 20.6. The summed E-state index contributed by atoms with van der Waals surface area (Å²) in [5, 5.41) is 8.66. The molecule has 0 saturated carbocycles. The maximum atomic E-state index is 10.5. The number of aliphatic carboxylic acids is 1. The Balaban J connectivity index is 2.72. The number of carbonyl (C=O) groups is 1. The number of carboxylic acid groups (broad SMARTS) is 1. The highest BCUT2D eigenvalue weighted by Crippen LogP contribution is 2.33. The first-order valence-corrected chi connectivity index (χ1v) is 8.08. The van der Waals surface area contributed by atoms with Crippen molar-refractivity contribution < 1.29 is 9.90 Å². The second-order valence-corrected chi connectivity index (χ2v) is 6.42. The molecule has 0 heterocycles. The van der Waals surface area contributed by atoms with E-state index in [4.69, 9.17) is 5.11 Å². The Hall–Kier alpha value is -2.09. The van der Waals surface area contributed by atoms with Gasteiger partial charge in [0.05, 0.1) is 0 Å². The summed E-state index contributed by atoms with van der Waals surface area (Å²) >= 11 is 0. The molecule has 0 aliphatic heterocycles. The second kappa shape index (κ2) is 9.14. The van der Waals surface area contributed by atoms with Crippen LogP contribution in [0.1, 0.15) is 47.0 Å². The van der Waals surface area contributed by atoms with E-state index in [9.17, 15) is 4.79 Å². The van der Waals surface area contributed by atoms with Crippen LogP contribution >= 0.6 is 0 Å². The van der Waals surface area contributed by atoms with Gasteiger partial charge in [-0.1, -0.05) is 53.7 Å². The van der Waals surface area contributed by atoms with E-state index in [0.29, 0.717) is 5.92 Å². The van der Waals surface area contributed by atoms with E-state index < -0.39 is 5.97 Å². The predicted octanol–water partition coefficient (Wildman–Crippen LogP) is 5.77. The van der Waals surface area contributed by atoms with Crippen molar-refractivity contribution in [3.05, 3.63) is 70.9 Å². The van der Waals surface area contributed by atoms with E-state index in [-0.39, 0.29) is 0 Å². The van der Waals surface area contributed by atoms with Crippen LogP contribution in [0.4, 0.5) is 0 Å². The molecule has 0 bridgehead atoms.